The van der Waals surface area contributed by atoms with Crippen LogP contribution in [0.15, 0.2) is 24.3 Å². The number of fused-ring (bicyclic) bond motifs is 3. The summed E-state index contributed by atoms with van der Waals surface area (Å²) in [6.07, 6.45) is 7.52. The zero-order chi connectivity index (χ0) is 20.2. The van der Waals surface area contributed by atoms with Gasteiger partial charge in [0.25, 0.3) is 0 Å². The third kappa shape index (κ3) is 3.22. The van der Waals surface area contributed by atoms with Crippen molar-refractivity contribution in [3.8, 4) is 0 Å². The van der Waals surface area contributed by atoms with Crippen molar-refractivity contribution in [3.05, 3.63) is 30.0 Å². The summed E-state index contributed by atoms with van der Waals surface area (Å²) in [5.74, 6) is 1.09. The van der Waals surface area contributed by atoms with Crippen molar-refractivity contribution in [3.63, 3.8) is 0 Å². The van der Waals surface area contributed by atoms with E-state index in [1.807, 2.05) is 36.6 Å². The number of nitrogens with one attached hydrogen (secondary N) is 2. The third-order valence-electron chi connectivity index (χ3n) is 7.15. The minimum absolute atomic E-state index is 0.196. The second-order valence-electron chi connectivity index (χ2n) is 9.43. The number of anilines is 1. The zero-order valence-electron chi connectivity index (χ0n) is 17.3. The summed E-state index contributed by atoms with van der Waals surface area (Å²) >= 11 is 0. The average molecular weight is 399 g/mol. The summed E-state index contributed by atoms with van der Waals surface area (Å²) < 4.78 is 7.43. The SMILES string of the molecule is CC1(C)OC(=O)c2cc3cc(NC([OH2+])C4NCC[C@H]4C4CCCCC4)ccc3n21. The van der Waals surface area contributed by atoms with Crippen molar-refractivity contribution in [2.75, 3.05) is 11.9 Å². The van der Waals surface area contributed by atoms with Crippen LogP contribution in [-0.4, -0.2) is 34.5 Å². The molecule has 0 amide bonds. The number of hydrogen-bond acceptors (Lipinski definition) is 4. The average Bonchev–Trinajstić information content (AvgIpc) is 3.37. The van der Waals surface area contributed by atoms with Crippen LogP contribution in [0.25, 0.3) is 10.9 Å². The number of rotatable bonds is 4. The summed E-state index contributed by atoms with van der Waals surface area (Å²) in [5.41, 5.74) is 1.85. The van der Waals surface area contributed by atoms with E-state index in [1.165, 1.54) is 38.5 Å². The molecule has 3 heterocycles. The Hall–Kier alpha value is -2.05. The molecule has 1 saturated carbocycles. The van der Waals surface area contributed by atoms with Crippen LogP contribution in [0.2, 0.25) is 0 Å². The lowest BCUT2D eigenvalue weighted by molar-refractivity contribution is -0.0163. The lowest BCUT2D eigenvalue weighted by Gasteiger charge is -2.32. The second kappa shape index (κ2) is 7.03. The first-order chi connectivity index (χ1) is 13.9. The molecule has 1 aliphatic carbocycles. The van der Waals surface area contributed by atoms with Gasteiger partial charge in [-0.3, -0.25) is 4.57 Å². The number of esters is 1. The minimum atomic E-state index is -0.665. The van der Waals surface area contributed by atoms with Gasteiger partial charge in [-0.15, -0.1) is 0 Å². The van der Waals surface area contributed by atoms with Gasteiger partial charge in [0.05, 0.1) is 5.52 Å². The van der Waals surface area contributed by atoms with Crippen LogP contribution in [0, 0.1) is 11.8 Å². The highest BCUT2D eigenvalue weighted by atomic mass is 16.6. The van der Waals surface area contributed by atoms with Crippen LogP contribution in [-0.2, 0) is 10.5 Å². The molecule has 6 nitrogen and oxygen atoms in total. The Morgan fingerprint density at radius 2 is 2.00 bits per heavy atom. The number of carbonyl (C=O) groups is 1. The van der Waals surface area contributed by atoms with E-state index in [4.69, 9.17) is 9.84 Å². The molecule has 156 valence electrons. The van der Waals surface area contributed by atoms with Crippen LogP contribution in [0.4, 0.5) is 5.69 Å². The Balaban J connectivity index is 1.36. The minimum Gasteiger partial charge on any atom is -0.434 e. The number of aromatic nitrogens is 1. The van der Waals surface area contributed by atoms with E-state index in [-0.39, 0.29) is 18.2 Å². The van der Waals surface area contributed by atoms with E-state index in [9.17, 15) is 4.79 Å². The number of hydrogen-bond donors (Lipinski definition) is 2. The van der Waals surface area contributed by atoms with Crippen LogP contribution >= 0.6 is 0 Å². The normalized spacial score (nSPS) is 27.8. The van der Waals surface area contributed by atoms with E-state index < -0.39 is 5.72 Å². The van der Waals surface area contributed by atoms with Crippen molar-refractivity contribution in [1.29, 1.82) is 0 Å². The number of benzene rings is 1. The Bertz CT molecular complexity index is 929. The highest BCUT2D eigenvalue weighted by molar-refractivity contribution is 5.98. The predicted octanol–water partition coefficient (Wildman–Crippen LogP) is 3.53. The number of nitrogens with zero attached hydrogens (tertiary/aromatic N) is 1. The van der Waals surface area contributed by atoms with Gasteiger partial charge in [-0.25, -0.2) is 4.79 Å². The molecule has 29 heavy (non-hydrogen) atoms. The van der Waals surface area contributed by atoms with E-state index in [1.54, 1.807) is 0 Å². The maximum atomic E-state index is 12.2. The topological polar surface area (TPSA) is 78.2 Å². The Morgan fingerprint density at radius 3 is 2.79 bits per heavy atom. The first-order valence-electron chi connectivity index (χ1n) is 11.0. The maximum Gasteiger partial charge on any atom is 0.357 e. The van der Waals surface area contributed by atoms with E-state index in [0.717, 1.165) is 29.1 Å². The summed E-state index contributed by atoms with van der Waals surface area (Å²) in [5, 5.41) is 16.8. The summed E-state index contributed by atoms with van der Waals surface area (Å²) in [4.78, 5) is 12.2. The van der Waals surface area contributed by atoms with E-state index >= 15 is 0 Å². The third-order valence-corrected chi connectivity index (χ3v) is 7.15. The van der Waals surface area contributed by atoms with Gasteiger partial charge in [0, 0.05) is 11.1 Å². The molecule has 2 fully saturated rings. The molecule has 3 aliphatic rings. The molecule has 4 N–H and O–H groups in total. The standard InChI is InChI=1S/C23H31N3O3/c1-23(2)26-18-9-8-16(12-15(18)13-19(26)22(28)29-23)25-21(27)20-17(10-11-24-20)14-6-4-3-5-7-14/h8-9,12-14,17,20-21,24-25,27H,3-7,10-11H2,1-2H3/p+1/t17-,20?,21?/m0/s1. The summed E-state index contributed by atoms with van der Waals surface area (Å²) in [6.45, 7) is 4.83. The van der Waals surface area contributed by atoms with Crippen LogP contribution < -0.4 is 10.6 Å². The Morgan fingerprint density at radius 1 is 1.21 bits per heavy atom. The molecule has 0 spiro atoms. The monoisotopic (exact) mass is 398 g/mol. The largest absolute Gasteiger partial charge is 0.434 e. The molecule has 0 bridgehead atoms. The molecule has 5 rings (SSSR count). The second-order valence-corrected chi connectivity index (χ2v) is 9.43. The molecular formula is C23H32N3O3+. The predicted molar refractivity (Wildman–Crippen MR) is 114 cm³/mol. The van der Waals surface area contributed by atoms with Crippen molar-refractivity contribution < 1.29 is 14.6 Å². The molecule has 2 unspecified atom stereocenters. The maximum absolute atomic E-state index is 12.2. The molecule has 0 radical (unpaired) electrons. The van der Waals surface area contributed by atoms with E-state index in [0.29, 0.717) is 11.6 Å². The highest BCUT2D eigenvalue weighted by Gasteiger charge is 2.41. The molecular weight excluding hydrogens is 366 g/mol. The molecule has 3 atom stereocenters. The smallest absolute Gasteiger partial charge is 0.357 e. The van der Waals surface area contributed by atoms with Crippen molar-refractivity contribution in [2.45, 2.75) is 70.4 Å². The Kier molecular flexibility index (Phi) is 4.59. The lowest BCUT2D eigenvalue weighted by atomic mass is 9.76. The van der Waals surface area contributed by atoms with Crippen molar-refractivity contribution >= 4 is 22.6 Å². The fraction of sp³-hybridized carbons (Fsp3) is 0.609. The van der Waals surface area contributed by atoms with Crippen LogP contribution in [0.1, 0.15) is 62.9 Å². The first kappa shape index (κ1) is 18.9. The van der Waals surface area contributed by atoms with Gasteiger partial charge in [-0.05, 0) is 62.9 Å². The quantitative estimate of drug-likeness (QED) is 0.469. The van der Waals surface area contributed by atoms with Crippen LogP contribution in [0.5, 0.6) is 0 Å². The van der Waals surface area contributed by atoms with Crippen molar-refractivity contribution in [2.24, 2.45) is 11.8 Å². The Labute approximate surface area is 171 Å². The number of ether oxygens (including phenoxy) is 1. The molecule has 1 saturated heterocycles. The van der Waals surface area contributed by atoms with Crippen molar-refractivity contribution in [1.82, 2.24) is 9.88 Å². The molecule has 1 aromatic heterocycles. The first-order valence-corrected chi connectivity index (χ1v) is 11.0. The fourth-order valence-corrected chi connectivity index (χ4v) is 5.83. The van der Waals surface area contributed by atoms with E-state index in [2.05, 4.69) is 16.7 Å². The number of carbonyl (C=O) groups excluding carboxylic acids is 1. The summed E-state index contributed by atoms with van der Waals surface area (Å²) in [7, 11) is 0. The van der Waals surface area contributed by atoms with Gasteiger partial charge in [0.1, 0.15) is 11.7 Å². The molecule has 1 aromatic carbocycles. The van der Waals surface area contributed by atoms with Gasteiger partial charge in [-0.2, -0.15) is 0 Å². The van der Waals surface area contributed by atoms with Gasteiger partial charge in [0.2, 0.25) is 6.23 Å². The van der Waals surface area contributed by atoms with Crippen LogP contribution in [0.3, 0.4) is 0 Å². The van der Waals surface area contributed by atoms with Gasteiger partial charge >= 0.3 is 5.97 Å². The summed E-state index contributed by atoms with van der Waals surface area (Å²) in [6, 6.07) is 8.19. The fourth-order valence-electron chi connectivity index (χ4n) is 5.83. The van der Waals surface area contributed by atoms with Gasteiger partial charge in [0.15, 0.2) is 5.72 Å². The molecule has 6 heteroatoms. The molecule has 2 aromatic rings. The highest BCUT2D eigenvalue weighted by Crippen LogP contribution is 2.38. The van der Waals surface area contributed by atoms with Gasteiger partial charge < -0.3 is 20.5 Å². The lowest BCUT2D eigenvalue weighted by Crippen LogP contribution is -2.45. The molecule has 2 aliphatic heterocycles. The number of cyclic esters (lactones) is 1. The van der Waals surface area contributed by atoms with Gasteiger partial charge in [-0.1, -0.05) is 32.1 Å². The zero-order valence-corrected chi connectivity index (χ0v) is 17.3.